The number of hydrogen-bond acceptors (Lipinski definition) is 4. The van der Waals surface area contributed by atoms with Gasteiger partial charge in [0.2, 0.25) is 0 Å². The third-order valence-electron chi connectivity index (χ3n) is 3.19. The molecule has 1 aromatic carbocycles. The summed E-state index contributed by atoms with van der Waals surface area (Å²) >= 11 is 0. The van der Waals surface area contributed by atoms with E-state index in [0.29, 0.717) is 0 Å². The van der Waals surface area contributed by atoms with Crippen LogP contribution in [0.5, 0.6) is 17.2 Å². The molecule has 0 aromatic heterocycles. The average Bonchev–Trinajstić information content (AvgIpc) is 2.44. The summed E-state index contributed by atoms with van der Waals surface area (Å²) in [6.07, 6.45) is 0.916. The number of ether oxygens (including phenoxy) is 3. The number of rotatable bonds is 8. The minimum absolute atomic E-state index is 0.243. The molecular weight excluding hydrogens is 242 g/mol. The molecule has 0 aliphatic carbocycles. The molecule has 4 heteroatoms. The van der Waals surface area contributed by atoms with Gasteiger partial charge in [-0.3, -0.25) is 0 Å². The van der Waals surface area contributed by atoms with E-state index in [1.807, 2.05) is 18.2 Å². The van der Waals surface area contributed by atoms with Gasteiger partial charge >= 0.3 is 0 Å². The Kier molecular flexibility index (Phi) is 5.96. The van der Waals surface area contributed by atoms with Crippen LogP contribution in [0.4, 0.5) is 0 Å². The molecule has 1 N–H and O–H groups in total. The molecule has 0 bridgehead atoms. The van der Waals surface area contributed by atoms with E-state index in [-0.39, 0.29) is 5.60 Å². The molecule has 0 saturated carbocycles. The van der Waals surface area contributed by atoms with E-state index >= 15 is 0 Å². The van der Waals surface area contributed by atoms with E-state index < -0.39 is 0 Å². The molecule has 1 rings (SSSR count). The monoisotopic (exact) mass is 267 g/mol. The Morgan fingerprint density at radius 1 is 1.00 bits per heavy atom. The number of methoxy groups -OCH3 is 2. The molecule has 0 radical (unpaired) electrons. The molecule has 19 heavy (non-hydrogen) atoms. The van der Waals surface area contributed by atoms with Crippen molar-refractivity contribution in [2.75, 3.05) is 27.3 Å². The minimum atomic E-state index is -0.243. The Morgan fingerprint density at radius 2 is 1.53 bits per heavy atom. The quantitative estimate of drug-likeness (QED) is 0.786. The lowest BCUT2D eigenvalue weighted by Crippen LogP contribution is -2.42. The van der Waals surface area contributed by atoms with Crippen molar-refractivity contribution < 1.29 is 14.2 Å². The lowest BCUT2D eigenvalue weighted by Gasteiger charge is -2.30. The second-order valence-electron chi connectivity index (χ2n) is 4.73. The minimum Gasteiger partial charge on any atom is -0.496 e. The fraction of sp³-hybridized carbons (Fsp3) is 0.600. The van der Waals surface area contributed by atoms with Gasteiger partial charge in [0.05, 0.1) is 14.2 Å². The summed E-state index contributed by atoms with van der Waals surface area (Å²) in [6.45, 7) is 8.04. The molecule has 4 nitrogen and oxygen atoms in total. The lowest BCUT2D eigenvalue weighted by molar-refractivity contribution is 0.0836. The summed E-state index contributed by atoms with van der Waals surface area (Å²) in [7, 11) is 3.27. The van der Waals surface area contributed by atoms with Crippen LogP contribution in [0.1, 0.15) is 27.2 Å². The van der Waals surface area contributed by atoms with E-state index in [0.717, 1.165) is 36.8 Å². The van der Waals surface area contributed by atoms with Gasteiger partial charge in [-0.15, -0.1) is 0 Å². The SMILES string of the molecule is CCNCC(C)(CC)Oc1cc(OC)cc(OC)c1. The highest BCUT2D eigenvalue weighted by Crippen LogP contribution is 2.30. The van der Waals surface area contributed by atoms with E-state index in [9.17, 15) is 0 Å². The predicted molar refractivity (Wildman–Crippen MR) is 77.4 cm³/mol. The zero-order valence-corrected chi connectivity index (χ0v) is 12.6. The largest absolute Gasteiger partial charge is 0.496 e. The maximum atomic E-state index is 6.12. The lowest BCUT2D eigenvalue weighted by atomic mass is 10.0. The molecule has 0 aliphatic heterocycles. The van der Waals surface area contributed by atoms with Gasteiger partial charge in [0.1, 0.15) is 22.8 Å². The highest BCUT2D eigenvalue weighted by atomic mass is 16.5. The summed E-state index contributed by atoms with van der Waals surface area (Å²) in [6, 6.07) is 5.59. The fourth-order valence-electron chi connectivity index (χ4n) is 1.75. The van der Waals surface area contributed by atoms with Crippen LogP contribution in [0.25, 0.3) is 0 Å². The first-order chi connectivity index (χ1) is 9.06. The van der Waals surface area contributed by atoms with Crippen molar-refractivity contribution in [1.82, 2.24) is 5.32 Å². The number of likely N-dealkylation sites (N-methyl/N-ethyl adjacent to an activating group) is 1. The van der Waals surface area contributed by atoms with Gasteiger partial charge in [-0.05, 0) is 19.9 Å². The van der Waals surface area contributed by atoms with Crippen molar-refractivity contribution in [2.24, 2.45) is 0 Å². The molecule has 0 aliphatic rings. The molecule has 1 unspecified atom stereocenters. The third kappa shape index (κ3) is 4.63. The molecule has 1 aromatic rings. The summed E-state index contributed by atoms with van der Waals surface area (Å²) in [4.78, 5) is 0. The van der Waals surface area contributed by atoms with E-state index in [4.69, 9.17) is 14.2 Å². The Balaban J connectivity index is 2.89. The van der Waals surface area contributed by atoms with Crippen molar-refractivity contribution in [2.45, 2.75) is 32.8 Å². The Bertz CT molecular complexity index is 373. The topological polar surface area (TPSA) is 39.7 Å². The van der Waals surface area contributed by atoms with Crippen LogP contribution in [-0.2, 0) is 0 Å². The maximum absolute atomic E-state index is 6.12. The van der Waals surface area contributed by atoms with E-state index in [1.165, 1.54) is 0 Å². The van der Waals surface area contributed by atoms with Gasteiger partial charge in [0.25, 0.3) is 0 Å². The predicted octanol–water partition coefficient (Wildman–Crippen LogP) is 2.86. The Labute approximate surface area is 116 Å². The molecule has 1 atom stereocenters. The van der Waals surface area contributed by atoms with Gasteiger partial charge in [-0.2, -0.15) is 0 Å². The third-order valence-corrected chi connectivity index (χ3v) is 3.19. The molecule has 108 valence electrons. The van der Waals surface area contributed by atoms with Gasteiger partial charge in [-0.25, -0.2) is 0 Å². The second kappa shape index (κ2) is 7.24. The van der Waals surface area contributed by atoms with Crippen molar-refractivity contribution in [3.63, 3.8) is 0 Å². The van der Waals surface area contributed by atoms with Crippen LogP contribution >= 0.6 is 0 Å². The summed E-state index contributed by atoms with van der Waals surface area (Å²) in [5.41, 5.74) is -0.243. The van der Waals surface area contributed by atoms with Crippen molar-refractivity contribution in [3.05, 3.63) is 18.2 Å². The van der Waals surface area contributed by atoms with Gasteiger partial charge in [-0.1, -0.05) is 13.8 Å². The van der Waals surface area contributed by atoms with E-state index in [1.54, 1.807) is 14.2 Å². The summed E-state index contributed by atoms with van der Waals surface area (Å²) in [5.74, 6) is 2.23. The van der Waals surface area contributed by atoms with Crippen LogP contribution in [0, 0.1) is 0 Å². The standard InChI is InChI=1S/C15H25NO3/c1-6-15(3,11-16-7-2)19-14-9-12(17-4)8-13(10-14)18-5/h8-10,16H,6-7,11H2,1-5H3. The molecule has 0 spiro atoms. The Hall–Kier alpha value is -1.42. The molecule has 0 fully saturated rings. The van der Waals surface area contributed by atoms with Crippen LogP contribution in [0.3, 0.4) is 0 Å². The highest BCUT2D eigenvalue weighted by molar-refractivity contribution is 5.42. The second-order valence-corrected chi connectivity index (χ2v) is 4.73. The molecule has 0 amide bonds. The first kappa shape index (κ1) is 15.6. The van der Waals surface area contributed by atoms with Gasteiger partial charge < -0.3 is 19.5 Å². The molecule has 0 heterocycles. The van der Waals surface area contributed by atoms with E-state index in [2.05, 4.69) is 26.1 Å². The average molecular weight is 267 g/mol. The Morgan fingerprint density at radius 3 is 1.95 bits per heavy atom. The number of nitrogens with one attached hydrogen (secondary N) is 1. The highest BCUT2D eigenvalue weighted by Gasteiger charge is 2.24. The van der Waals surface area contributed by atoms with Crippen LogP contribution < -0.4 is 19.5 Å². The van der Waals surface area contributed by atoms with Crippen molar-refractivity contribution in [3.8, 4) is 17.2 Å². The van der Waals surface area contributed by atoms with Gasteiger partial charge in [0, 0.05) is 24.7 Å². The zero-order valence-electron chi connectivity index (χ0n) is 12.6. The fourth-order valence-corrected chi connectivity index (χ4v) is 1.75. The maximum Gasteiger partial charge on any atom is 0.127 e. The first-order valence-electron chi connectivity index (χ1n) is 6.69. The number of hydrogen-bond donors (Lipinski definition) is 1. The zero-order chi connectivity index (χ0) is 14.3. The summed E-state index contributed by atoms with van der Waals surface area (Å²) in [5, 5.41) is 3.33. The van der Waals surface area contributed by atoms with Crippen molar-refractivity contribution in [1.29, 1.82) is 0 Å². The van der Waals surface area contributed by atoms with Gasteiger partial charge in [0.15, 0.2) is 0 Å². The molecular formula is C15H25NO3. The van der Waals surface area contributed by atoms with Crippen LogP contribution in [0.2, 0.25) is 0 Å². The van der Waals surface area contributed by atoms with Crippen LogP contribution in [-0.4, -0.2) is 32.9 Å². The van der Waals surface area contributed by atoms with Crippen molar-refractivity contribution >= 4 is 0 Å². The first-order valence-corrected chi connectivity index (χ1v) is 6.69. The smallest absolute Gasteiger partial charge is 0.127 e. The van der Waals surface area contributed by atoms with Crippen LogP contribution in [0.15, 0.2) is 18.2 Å². The molecule has 0 saturated heterocycles. The number of benzene rings is 1. The summed E-state index contributed by atoms with van der Waals surface area (Å²) < 4.78 is 16.6. The normalized spacial score (nSPS) is 13.7.